The first-order chi connectivity index (χ1) is 8.72. The molecule has 0 spiro atoms. The number of benzene rings is 1. The number of nitrogens with zero attached hydrogens (tertiary/aromatic N) is 1. The quantitative estimate of drug-likeness (QED) is 0.904. The highest BCUT2D eigenvalue weighted by atomic mass is 79.9. The van der Waals surface area contributed by atoms with Gasteiger partial charge in [0.2, 0.25) is 0 Å². The molecule has 19 heavy (non-hydrogen) atoms. The van der Waals surface area contributed by atoms with Gasteiger partial charge in [0, 0.05) is 12.6 Å². The number of ether oxygens (including phenoxy) is 1. The summed E-state index contributed by atoms with van der Waals surface area (Å²) in [4.78, 5) is 2.52. The molecular formula is C14H22BrClN2O. The molecule has 2 rings (SSSR count). The highest BCUT2D eigenvalue weighted by Gasteiger charge is 2.17. The van der Waals surface area contributed by atoms with E-state index in [1.54, 1.807) is 7.11 Å². The van der Waals surface area contributed by atoms with Crippen LogP contribution in [0.25, 0.3) is 0 Å². The second kappa shape index (κ2) is 8.10. The molecule has 1 aliphatic heterocycles. The van der Waals surface area contributed by atoms with Gasteiger partial charge in [-0.15, -0.1) is 12.4 Å². The topological polar surface area (TPSA) is 24.5 Å². The molecule has 5 heteroatoms. The molecule has 0 radical (unpaired) electrons. The van der Waals surface area contributed by atoms with Crippen molar-refractivity contribution < 1.29 is 4.74 Å². The lowest BCUT2D eigenvalue weighted by molar-refractivity contribution is 0.194. The molecule has 0 atom stereocenters. The summed E-state index contributed by atoms with van der Waals surface area (Å²) < 4.78 is 6.28. The van der Waals surface area contributed by atoms with Crippen LogP contribution in [0.4, 0.5) is 0 Å². The van der Waals surface area contributed by atoms with Gasteiger partial charge >= 0.3 is 0 Å². The van der Waals surface area contributed by atoms with E-state index >= 15 is 0 Å². The summed E-state index contributed by atoms with van der Waals surface area (Å²) in [6.45, 7) is 3.38. The fraction of sp³-hybridized carbons (Fsp3) is 0.571. The molecule has 1 heterocycles. The average molecular weight is 350 g/mol. The van der Waals surface area contributed by atoms with Crippen molar-refractivity contribution in [3.05, 3.63) is 28.2 Å². The smallest absolute Gasteiger partial charge is 0.133 e. The fourth-order valence-electron chi connectivity index (χ4n) is 2.45. The number of halogens is 2. The van der Waals surface area contributed by atoms with Crippen molar-refractivity contribution in [2.24, 2.45) is 0 Å². The van der Waals surface area contributed by atoms with Crippen LogP contribution in [0, 0.1) is 0 Å². The van der Waals surface area contributed by atoms with Crippen molar-refractivity contribution in [1.29, 1.82) is 0 Å². The van der Waals surface area contributed by atoms with Crippen molar-refractivity contribution >= 4 is 28.3 Å². The molecule has 1 aromatic rings. The maximum absolute atomic E-state index is 5.25. The molecule has 0 unspecified atom stereocenters. The fourth-order valence-corrected chi connectivity index (χ4v) is 3.03. The lowest BCUT2D eigenvalue weighted by atomic mass is 10.0. The Labute approximate surface area is 130 Å². The maximum Gasteiger partial charge on any atom is 0.133 e. The second-order valence-corrected chi connectivity index (χ2v) is 5.66. The minimum absolute atomic E-state index is 0. The minimum Gasteiger partial charge on any atom is -0.496 e. The average Bonchev–Trinajstić information content (AvgIpc) is 2.40. The molecule has 1 saturated heterocycles. The van der Waals surface area contributed by atoms with Crippen LogP contribution in [0.2, 0.25) is 0 Å². The van der Waals surface area contributed by atoms with Crippen LogP contribution >= 0.6 is 28.3 Å². The highest BCUT2D eigenvalue weighted by molar-refractivity contribution is 9.10. The van der Waals surface area contributed by atoms with Gasteiger partial charge in [0.05, 0.1) is 11.6 Å². The van der Waals surface area contributed by atoms with Gasteiger partial charge in [-0.3, -0.25) is 4.90 Å². The molecule has 0 aliphatic carbocycles. The van der Waals surface area contributed by atoms with Crippen LogP contribution in [0.1, 0.15) is 18.4 Å². The van der Waals surface area contributed by atoms with Crippen LogP contribution in [-0.2, 0) is 6.54 Å². The maximum atomic E-state index is 5.25. The van der Waals surface area contributed by atoms with E-state index in [0.29, 0.717) is 6.04 Å². The molecule has 0 bridgehead atoms. The summed E-state index contributed by atoms with van der Waals surface area (Å²) >= 11 is 3.54. The van der Waals surface area contributed by atoms with Gasteiger partial charge < -0.3 is 10.1 Å². The van der Waals surface area contributed by atoms with Crippen molar-refractivity contribution in [3.8, 4) is 5.75 Å². The first kappa shape index (κ1) is 16.8. The molecule has 0 amide bonds. The number of rotatable bonds is 4. The van der Waals surface area contributed by atoms with Crippen molar-refractivity contribution in [2.75, 3.05) is 27.2 Å². The molecule has 1 aliphatic rings. The monoisotopic (exact) mass is 348 g/mol. The van der Waals surface area contributed by atoms with Crippen LogP contribution in [-0.4, -0.2) is 38.2 Å². The van der Waals surface area contributed by atoms with E-state index in [0.717, 1.165) is 16.8 Å². The molecule has 3 nitrogen and oxygen atoms in total. The molecule has 1 N–H and O–H groups in total. The first-order valence-electron chi connectivity index (χ1n) is 6.45. The zero-order valence-corrected chi connectivity index (χ0v) is 13.9. The normalized spacial score (nSPS) is 17.0. The molecule has 1 fully saturated rings. The Bertz CT molecular complexity index is 395. The van der Waals surface area contributed by atoms with Crippen LogP contribution in [0.5, 0.6) is 5.75 Å². The SMILES string of the molecule is CNC1CCN(Cc2ccc(OC)c(Br)c2)CC1.Cl. The number of hydrogen-bond donors (Lipinski definition) is 1. The lowest BCUT2D eigenvalue weighted by Gasteiger charge is -2.31. The summed E-state index contributed by atoms with van der Waals surface area (Å²) in [5.41, 5.74) is 1.34. The first-order valence-corrected chi connectivity index (χ1v) is 7.24. The third-order valence-corrected chi connectivity index (χ3v) is 4.24. The summed E-state index contributed by atoms with van der Waals surface area (Å²) in [6, 6.07) is 7.03. The van der Waals surface area contributed by atoms with E-state index in [4.69, 9.17) is 4.74 Å². The lowest BCUT2D eigenvalue weighted by Crippen LogP contribution is -2.40. The van der Waals surface area contributed by atoms with Gasteiger partial charge in [-0.2, -0.15) is 0 Å². The summed E-state index contributed by atoms with van der Waals surface area (Å²) in [5.74, 6) is 0.896. The highest BCUT2D eigenvalue weighted by Crippen LogP contribution is 2.26. The summed E-state index contributed by atoms with van der Waals surface area (Å²) in [7, 11) is 3.75. The van der Waals surface area contributed by atoms with Crippen LogP contribution in [0.15, 0.2) is 22.7 Å². The molecular weight excluding hydrogens is 328 g/mol. The van der Waals surface area contributed by atoms with Crippen LogP contribution in [0.3, 0.4) is 0 Å². The Morgan fingerprint density at radius 1 is 1.37 bits per heavy atom. The standard InChI is InChI=1S/C14H21BrN2O.ClH/c1-16-12-5-7-17(8-6-12)10-11-3-4-14(18-2)13(15)9-11;/h3-4,9,12,16H,5-8,10H2,1-2H3;1H. The van der Waals surface area contributed by atoms with Gasteiger partial charge in [0.1, 0.15) is 5.75 Å². The van der Waals surface area contributed by atoms with Gasteiger partial charge in [-0.25, -0.2) is 0 Å². The summed E-state index contributed by atoms with van der Waals surface area (Å²) in [5, 5.41) is 3.36. The molecule has 1 aromatic carbocycles. The molecule has 0 saturated carbocycles. The largest absolute Gasteiger partial charge is 0.496 e. The Morgan fingerprint density at radius 3 is 2.58 bits per heavy atom. The Kier molecular flexibility index (Phi) is 7.15. The minimum atomic E-state index is 0. The zero-order chi connectivity index (χ0) is 13.0. The van der Waals surface area contributed by atoms with Gasteiger partial charge in [0.15, 0.2) is 0 Å². The predicted molar refractivity (Wildman–Crippen MR) is 85.3 cm³/mol. The number of methoxy groups -OCH3 is 1. The van der Waals surface area contributed by atoms with E-state index in [9.17, 15) is 0 Å². The Hall–Kier alpha value is -0.290. The van der Waals surface area contributed by atoms with E-state index in [-0.39, 0.29) is 12.4 Å². The summed E-state index contributed by atoms with van der Waals surface area (Å²) in [6.07, 6.45) is 2.49. The molecule has 0 aromatic heterocycles. The predicted octanol–water partition coefficient (Wildman–Crippen LogP) is 3.06. The van der Waals surface area contributed by atoms with E-state index < -0.39 is 0 Å². The second-order valence-electron chi connectivity index (χ2n) is 4.81. The number of hydrogen-bond acceptors (Lipinski definition) is 3. The van der Waals surface area contributed by atoms with Gasteiger partial charge in [0.25, 0.3) is 0 Å². The van der Waals surface area contributed by atoms with Crippen molar-refractivity contribution in [3.63, 3.8) is 0 Å². The van der Waals surface area contributed by atoms with E-state index in [2.05, 4.69) is 45.3 Å². The van der Waals surface area contributed by atoms with E-state index in [1.807, 2.05) is 6.07 Å². The van der Waals surface area contributed by atoms with Crippen molar-refractivity contribution in [1.82, 2.24) is 10.2 Å². The third kappa shape index (κ3) is 4.63. The molecule has 108 valence electrons. The zero-order valence-electron chi connectivity index (χ0n) is 11.5. The van der Waals surface area contributed by atoms with Crippen LogP contribution < -0.4 is 10.1 Å². The van der Waals surface area contributed by atoms with Crippen molar-refractivity contribution in [2.45, 2.75) is 25.4 Å². The van der Waals surface area contributed by atoms with Gasteiger partial charge in [-0.05, 0) is 66.6 Å². The van der Waals surface area contributed by atoms with Gasteiger partial charge in [-0.1, -0.05) is 6.07 Å². The number of likely N-dealkylation sites (tertiary alicyclic amines) is 1. The Balaban J connectivity index is 0.00000180. The number of piperidine rings is 1. The van der Waals surface area contributed by atoms with E-state index in [1.165, 1.54) is 31.5 Å². The Morgan fingerprint density at radius 2 is 2.05 bits per heavy atom. The number of nitrogens with one attached hydrogen (secondary N) is 1. The third-order valence-electron chi connectivity index (χ3n) is 3.62.